The average Bonchev–Trinajstić information content (AvgIpc) is 2.38. The van der Waals surface area contributed by atoms with Gasteiger partial charge in [0.15, 0.2) is 5.11 Å². The maximum Gasteiger partial charge on any atom is 0.173 e. The van der Waals surface area contributed by atoms with Crippen LogP contribution in [-0.2, 0) is 0 Å². The summed E-state index contributed by atoms with van der Waals surface area (Å²) in [5.74, 6) is -0.249. The summed E-state index contributed by atoms with van der Waals surface area (Å²) in [6.45, 7) is 6.25. The molecule has 0 atom stereocenters. The first-order valence-electron chi connectivity index (χ1n) is 6.98. The number of anilines is 1. The second kappa shape index (κ2) is 8.86. The lowest BCUT2D eigenvalue weighted by atomic mass is 10.2. The van der Waals surface area contributed by atoms with Gasteiger partial charge in [-0.15, -0.1) is 0 Å². The van der Waals surface area contributed by atoms with Gasteiger partial charge in [-0.1, -0.05) is 32.8 Å². The number of hydrogen-bond acceptors (Lipinski definition) is 1. The highest BCUT2D eigenvalue weighted by atomic mass is 32.1. The average molecular weight is 282 g/mol. The number of hydrogen-bond donors (Lipinski definition) is 1. The zero-order valence-corrected chi connectivity index (χ0v) is 12.6. The monoisotopic (exact) mass is 282 g/mol. The van der Waals surface area contributed by atoms with Gasteiger partial charge in [0.25, 0.3) is 0 Å². The molecule has 0 bridgehead atoms. The quantitative estimate of drug-likeness (QED) is 0.745. The Balaban J connectivity index is 2.59. The molecule has 0 saturated carbocycles. The molecule has 0 amide bonds. The second-order valence-electron chi connectivity index (χ2n) is 4.63. The molecule has 106 valence electrons. The van der Waals surface area contributed by atoms with Crippen LogP contribution in [0.25, 0.3) is 0 Å². The van der Waals surface area contributed by atoms with Crippen molar-refractivity contribution < 1.29 is 4.39 Å². The SMILES string of the molecule is CCCCN(CCCC)C(=S)Nc1cccc(F)c1. The van der Waals surface area contributed by atoms with Crippen LogP contribution < -0.4 is 5.32 Å². The van der Waals surface area contributed by atoms with E-state index < -0.39 is 0 Å². The number of rotatable bonds is 7. The summed E-state index contributed by atoms with van der Waals surface area (Å²) in [7, 11) is 0. The van der Waals surface area contributed by atoms with Gasteiger partial charge in [0, 0.05) is 18.8 Å². The summed E-state index contributed by atoms with van der Waals surface area (Å²) in [6.07, 6.45) is 4.53. The lowest BCUT2D eigenvalue weighted by Crippen LogP contribution is -2.36. The normalized spacial score (nSPS) is 10.3. The second-order valence-corrected chi connectivity index (χ2v) is 5.02. The topological polar surface area (TPSA) is 15.3 Å². The predicted octanol–water partition coefficient (Wildman–Crippen LogP) is 4.42. The molecule has 0 unspecified atom stereocenters. The van der Waals surface area contributed by atoms with Gasteiger partial charge in [0.05, 0.1) is 0 Å². The van der Waals surface area contributed by atoms with Crippen molar-refractivity contribution in [2.45, 2.75) is 39.5 Å². The van der Waals surface area contributed by atoms with Crippen LogP contribution in [0.1, 0.15) is 39.5 Å². The maximum absolute atomic E-state index is 13.1. The summed E-state index contributed by atoms with van der Waals surface area (Å²) in [6, 6.07) is 6.40. The molecule has 0 fully saturated rings. The highest BCUT2D eigenvalue weighted by Gasteiger charge is 2.09. The maximum atomic E-state index is 13.1. The van der Waals surface area contributed by atoms with Crippen LogP contribution in [0.4, 0.5) is 10.1 Å². The van der Waals surface area contributed by atoms with Gasteiger partial charge in [0.2, 0.25) is 0 Å². The molecule has 1 rings (SSSR count). The van der Waals surface area contributed by atoms with E-state index in [4.69, 9.17) is 12.2 Å². The summed E-state index contributed by atoms with van der Waals surface area (Å²) in [4.78, 5) is 2.17. The van der Waals surface area contributed by atoms with E-state index >= 15 is 0 Å². The number of thiocarbonyl (C=S) groups is 1. The first kappa shape index (κ1) is 15.9. The van der Waals surface area contributed by atoms with Gasteiger partial charge in [-0.3, -0.25) is 0 Å². The van der Waals surface area contributed by atoms with Crippen LogP contribution in [0.2, 0.25) is 0 Å². The molecule has 19 heavy (non-hydrogen) atoms. The predicted molar refractivity (Wildman–Crippen MR) is 84.0 cm³/mol. The molecular weight excluding hydrogens is 259 g/mol. The van der Waals surface area contributed by atoms with Crippen LogP contribution in [0.3, 0.4) is 0 Å². The third kappa shape index (κ3) is 6.01. The van der Waals surface area contributed by atoms with Crippen LogP contribution in [-0.4, -0.2) is 23.1 Å². The van der Waals surface area contributed by atoms with Gasteiger partial charge in [-0.2, -0.15) is 0 Å². The van der Waals surface area contributed by atoms with Crippen molar-refractivity contribution in [2.75, 3.05) is 18.4 Å². The zero-order valence-electron chi connectivity index (χ0n) is 11.8. The standard InChI is InChI=1S/C15H23FN2S/c1-3-5-10-18(11-6-4-2)15(19)17-14-9-7-8-13(16)12-14/h7-9,12H,3-6,10-11H2,1-2H3,(H,17,19). The molecule has 0 heterocycles. The molecule has 0 saturated heterocycles. The van der Waals surface area contributed by atoms with E-state index in [0.29, 0.717) is 10.8 Å². The molecule has 1 aromatic rings. The van der Waals surface area contributed by atoms with Crippen LogP contribution >= 0.6 is 12.2 Å². The van der Waals surface area contributed by atoms with Crippen molar-refractivity contribution in [2.24, 2.45) is 0 Å². The molecule has 4 heteroatoms. The number of unbranched alkanes of at least 4 members (excludes halogenated alkanes) is 2. The number of nitrogens with one attached hydrogen (secondary N) is 1. The Kier molecular flexibility index (Phi) is 7.41. The lowest BCUT2D eigenvalue weighted by molar-refractivity contribution is 0.403. The fraction of sp³-hybridized carbons (Fsp3) is 0.533. The van der Waals surface area contributed by atoms with Gasteiger partial charge < -0.3 is 10.2 Å². The summed E-state index contributed by atoms with van der Waals surface area (Å²) in [5, 5.41) is 3.81. The van der Waals surface area contributed by atoms with Crippen molar-refractivity contribution >= 4 is 23.0 Å². The molecule has 2 nitrogen and oxygen atoms in total. The van der Waals surface area contributed by atoms with E-state index in [1.807, 2.05) is 6.07 Å². The first-order chi connectivity index (χ1) is 9.17. The van der Waals surface area contributed by atoms with Gasteiger partial charge in [-0.05, 0) is 43.3 Å². The Morgan fingerprint density at radius 1 is 1.21 bits per heavy atom. The highest BCUT2D eigenvalue weighted by Crippen LogP contribution is 2.11. The molecule has 0 radical (unpaired) electrons. The lowest BCUT2D eigenvalue weighted by Gasteiger charge is -2.25. The van der Waals surface area contributed by atoms with E-state index in [-0.39, 0.29) is 5.82 Å². The van der Waals surface area contributed by atoms with Gasteiger partial charge >= 0.3 is 0 Å². The van der Waals surface area contributed by atoms with Crippen LogP contribution in [0, 0.1) is 5.82 Å². The van der Waals surface area contributed by atoms with E-state index in [2.05, 4.69) is 24.1 Å². The third-order valence-electron chi connectivity index (χ3n) is 2.93. The summed E-state index contributed by atoms with van der Waals surface area (Å²) < 4.78 is 13.1. The van der Waals surface area contributed by atoms with Crippen molar-refractivity contribution in [1.82, 2.24) is 4.90 Å². The summed E-state index contributed by atoms with van der Waals surface area (Å²) in [5.41, 5.74) is 0.711. The Bertz CT molecular complexity index is 387. The van der Waals surface area contributed by atoms with E-state index in [0.717, 1.165) is 38.8 Å². The number of nitrogens with zero attached hydrogens (tertiary/aromatic N) is 1. The fourth-order valence-electron chi connectivity index (χ4n) is 1.78. The van der Waals surface area contributed by atoms with E-state index in [9.17, 15) is 4.39 Å². The van der Waals surface area contributed by atoms with Crippen molar-refractivity contribution in [3.63, 3.8) is 0 Å². The minimum atomic E-state index is -0.249. The minimum absolute atomic E-state index is 0.249. The molecule has 0 aromatic heterocycles. The van der Waals surface area contributed by atoms with Crippen molar-refractivity contribution in [1.29, 1.82) is 0 Å². The molecule has 1 N–H and O–H groups in total. The molecule has 1 aromatic carbocycles. The van der Waals surface area contributed by atoms with Crippen molar-refractivity contribution in [3.05, 3.63) is 30.1 Å². The Labute approximate surface area is 121 Å². The van der Waals surface area contributed by atoms with Crippen molar-refractivity contribution in [3.8, 4) is 0 Å². The van der Waals surface area contributed by atoms with Crippen LogP contribution in [0.15, 0.2) is 24.3 Å². The minimum Gasteiger partial charge on any atom is -0.349 e. The zero-order chi connectivity index (χ0) is 14.1. The molecule has 0 spiro atoms. The Hall–Kier alpha value is -1.16. The first-order valence-corrected chi connectivity index (χ1v) is 7.39. The largest absolute Gasteiger partial charge is 0.349 e. The third-order valence-corrected chi connectivity index (χ3v) is 3.29. The molecular formula is C15H23FN2S. The van der Waals surface area contributed by atoms with Gasteiger partial charge in [0.1, 0.15) is 5.82 Å². The Morgan fingerprint density at radius 2 is 1.84 bits per heavy atom. The molecule has 0 aliphatic rings. The van der Waals surface area contributed by atoms with E-state index in [1.165, 1.54) is 12.1 Å². The molecule has 0 aliphatic carbocycles. The number of benzene rings is 1. The van der Waals surface area contributed by atoms with Crippen LogP contribution in [0.5, 0.6) is 0 Å². The highest BCUT2D eigenvalue weighted by molar-refractivity contribution is 7.80. The fourth-order valence-corrected chi connectivity index (χ4v) is 2.08. The smallest absolute Gasteiger partial charge is 0.173 e. The van der Waals surface area contributed by atoms with E-state index in [1.54, 1.807) is 6.07 Å². The van der Waals surface area contributed by atoms with Gasteiger partial charge in [-0.25, -0.2) is 4.39 Å². The molecule has 0 aliphatic heterocycles. The number of halogens is 1. The Morgan fingerprint density at radius 3 is 2.37 bits per heavy atom. The summed E-state index contributed by atoms with van der Waals surface area (Å²) >= 11 is 5.42.